The predicted molar refractivity (Wildman–Crippen MR) is 125 cm³/mol. The standard InChI is InChI=1S/C23H25Cl2N5/c24-17-5-3-4-16(14-17)15-21(25)29-10-12-30(13-11-29)23-22(26-18-8-9-18)27-19-6-1-2-7-20(19)28-23/h1-7,14,18,21H,8-13,15H2,(H,26,27). The van der Waals surface area contributed by atoms with E-state index in [1.807, 2.05) is 42.5 Å². The van der Waals surface area contributed by atoms with Gasteiger partial charge >= 0.3 is 0 Å². The van der Waals surface area contributed by atoms with Crippen LogP contribution in [0.4, 0.5) is 11.6 Å². The van der Waals surface area contributed by atoms with Gasteiger partial charge in [0.2, 0.25) is 0 Å². The van der Waals surface area contributed by atoms with Gasteiger partial charge in [0.1, 0.15) is 0 Å². The third kappa shape index (κ3) is 4.48. The molecular weight excluding hydrogens is 417 g/mol. The minimum absolute atomic E-state index is 0.0441. The van der Waals surface area contributed by atoms with Gasteiger partial charge in [-0.25, -0.2) is 9.97 Å². The second-order valence-corrected chi connectivity index (χ2v) is 9.03. The summed E-state index contributed by atoms with van der Waals surface area (Å²) < 4.78 is 0. The Morgan fingerprint density at radius 3 is 2.40 bits per heavy atom. The first-order valence-corrected chi connectivity index (χ1v) is 11.4. The summed E-state index contributed by atoms with van der Waals surface area (Å²) in [6.45, 7) is 3.55. The minimum atomic E-state index is -0.0441. The largest absolute Gasteiger partial charge is 0.364 e. The van der Waals surface area contributed by atoms with E-state index >= 15 is 0 Å². The highest BCUT2D eigenvalue weighted by Crippen LogP contribution is 2.31. The molecule has 1 saturated heterocycles. The van der Waals surface area contributed by atoms with Gasteiger partial charge in [0.25, 0.3) is 0 Å². The van der Waals surface area contributed by atoms with E-state index in [2.05, 4.69) is 21.2 Å². The Labute approximate surface area is 187 Å². The van der Waals surface area contributed by atoms with Crippen LogP contribution in [0.25, 0.3) is 11.0 Å². The van der Waals surface area contributed by atoms with E-state index in [4.69, 9.17) is 33.2 Å². The average Bonchev–Trinajstić information content (AvgIpc) is 3.57. The van der Waals surface area contributed by atoms with Crippen molar-refractivity contribution in [2.75, 3.05) is 36.4 Å². The number of alkyl halides is 1. The van der Waals surface area contributed by atoms with E-state index in [9.17, 15) is 0 Å². The van der Waals surface area contributed by atoms with Crippen LogP contribution in [0.2, 0.25) is 5.02 Å². The van der Waals surface area contributed by atoms with Crippen LogP contribution in [0.1, 0.15) is 18.4 Å². The Kier molecular flexibility index (Phi) is 5.68. The topological polar surface area (TPSA) is 44.3 Å². The van der Waals surface area contributed by atoms with E-state index in [1.165, 1.54) is 18.4 Å². The number of halogens is 2. The van der Waals surface area contributed by atoms with Crippen molar-refractivity contribution in [3.63, 3.8) is 0 Å². The molecule has 0 spiro atoms. The lowest BCUT2D eigenvalue weighted by atomic mass is 10.1. The zero-order valence-corrected chi connectivity index (χ0v) is 18.3. The number of anilines is 2. The van der Waals surface area contributed by atoms with Crippen LogP contribution in [0, 0.1) is 0 Å². The van der Waals surface area contributed by atoms with Gasteiger partial charge in [-0.15, -0.1) is 11.6 Å². The van der Waals surface area contributed by atoms with E-state index in [0.29, 0.717) is 6.04 Å². The molecule has 1 saturated carbocycles. The first kappa shape index (κ1) is 19.9. The number of piperazine rings is 1. The van der Waals surface area contributed by atoms with Gasteiger partial charge in [-0.05, 0) is 42.7 Å². The summed E-state index contributed by atoms with van der Waals surface area (Å²) in [5.41, 5.74) is 3.00. The van der Waals surface area contributed by atoms with Gasteiger partial charge in [-0.3, -0.25) is 4.90 Å². The SMILES string of the molecule is Clc1cccc(CC(Cl)N2CCN(c3nc4ccccc4nc3NC3CC3)CC2)c1. The summed E-state index contributed by atoms with van der Waals surface area (Å²) in [6.07, 6.45) is 3.20. The van der Waals surface area contributed by atoms with Crippen molar-refractivity contribution in [2.24, 2.45) is 0 Å². The number of fused-ring (bicyclic) bond motifs is 1. The summed E-state index contributed by atoms with van der Waals surface area (Å²) in [4.78, 5) is 14.5. The van der Waals surface area contributed by atoms with Crippen molar-refractivity contribution >= 4 is 45.9 Å². The summed E-state index contributed by atoms with van der Waals surface area (Å²) in [6, 6.07) is 16.6. The number of nitrogens with one attached hydrogen (secondary N) is 1. The molecule has 1 unspecified atom stereocenters. The third-order valence-corrected chi connectivity index (χ3v) is 6.44. The first-order chi connectivity index (χ1) is 14.7. The molecule has 0 amide bonds. The van der Waals surface area contributed by atoms with E-state index < -0.39 is 0 Å². The fourth-order valence-corrected chi connectivity index (χ4v) is 4.52. The molecule has 7 heteroatoms. The predicted octanol–water partition coefficient (Wildman–Crippen LogP) is 4.79. The molecule has 3 aromatic rings. The molecule has 2 aromatic carbocycles. The highest BCUT2D eigenvalue weighted by molar-refractivity contribution is 6.30. The molecule has 1 aromatic heterocycles. The second-order valence-electron chi connectivity index (χ2n) is 8.09. The second kappa shape index (κ2) is 8.58. The fraction of sp³-hybridized carbons (Fsp3) is 0.391. The van der Waals surface area contributed by atoms with Crippen LogP contribution in [0.3, 0.4) is 0 Å². The quantitative estimate of drug-likeness (QED) is 0.440. The number of benzene rings is 2. The van der Waals surface area contributed by atoms with Crippen LogP contribution in [-0.2, 0) is 6.42 Å². The molecule has 5 nitrogen and oxygen atoms in total. The lowest BCUT2D eigenvalue weighted by Gasteiger charge is -2.38. The molecule has 2 fully saturated rings. The Morgan fingerprint density at radius 1 is 0.967 bits per heavy atom. The summed E-state index contributed by atoms with van der Waals surface area (Å²) in [5.74, 6) is 1.87. The highest BCUT2D eigenvalue weighted by atomic mass is 35.5. The average molecular weight is 442 g/mol. The Hall–Kier alpha value is -2.08. The van der Waals surface area contributed by atoms with Crippen molar-refractivity contribution < 1.29 is 0 Å². The van der Waals surface area contributed by atoms with Crippen LogP contribution >= 0.6 is 23.2 Å². The molecule has 2 aliphatic rings. The van der Waals surface area contributed by atoms with Crippen molar-refractivity contribution in [3.05, 3.63) is 59.1 Å². The first-order valence-electron chi connectivity index (χ1n) is 10.6. The molecule has 1 aliphatic carbocycles. The molecule has 2 heterocycles. The Balaban J connectivity index is 1.29. The van der Waals surface area contributed by atoms with E-state index in [0.717, 1.165) is 60.3 Å². The van der Waals surface area contributed by atoms with Crippen molar-refractivity contribution in [1.82, 2.24) is 14.9 Å². The van der Waals surface area contributed by atoms with Crippen LogP contribution in [-0.4, -0.2) is 52.6 Å². The molecule has 30 heavy (non-hydrogen) atoms. The fourth-order valence-electron chi connectivity index (χ4n) is 3.93. The molecule has 1 atom stereocenters. The molecule has 156 valence electrons. The maximum atomic E-state index is 6.75. The monoisotopic (exact) mass is 441 g/mol. The lowest BCUT2D eigenvalue weighted by molar-refractivity contribution is 0.235. The number of hydrogen-bond acceptors (Lipinski definition) is 5. The molecular formula is C23H25Cl2N5. The third-order valence-electron chi connectivity index (χ3n) is 5.77. The number of rotatable bonds is 6. The number of aromatic nitrogens is 2. The lowest BCUT2D eigenvalue weighted by Crippen LogP contribution is -2.50. The van der Waals surface area contributed by atoms with Crippen molar-refractivity contribution in [1.29, 1.82) is 0 Å². The van der Waals surface area contributed by atoms with Gasteiger partial charge in [0.05, 0.1) is 16.5 Å². The van der Waals surface area contributed by atoms with E-state index in [-0.39, 0.29) is 5.50 Å². The molecule has 5 rings (SSSR count). The zero-order valence-electron chi connectivity index (χ0n) is 16.8. The maximum Gasteiger partial charge on any atom is 0.172 e. The van der Waals surface area contributed by atoms with Gasteiger partial charge in [-0.2, -0.15) is 0 Å². The Morgan fingerprint density at radius 2 is 1.70 bits per heavy atom. The number of para-hydroxylation sites is 2. The highest BCUT2D eigenvalue weighted by Gasteiger charge is 2.28. The van der Waals surface area contributed by atoms with Gasteiger partial charge in [0, 0.05) is 43.7 Å². The molecule has 0 radical (unpaired) electrons. The maximum absolute atomic E-state index is 6.75. The number of hydrogen-bond donors (Lipinski definition) is 1. The van der Waals surface area contributed by atoms with Crippen LogP contribution in [0.15, 0.2) is 48.5 Å². The molecule has 0 bridgehead atoms. The molecule has 1 aliphatic heterocycles. The Bertz CT molecular complexity index is 1030. The summed E-state index contributed by atoms with van der Waals surface area (Å²) in [5, 5.41) is 4.33. The van der Waals surface area contributed by atoms with Crippen LogP contribution < -0.4 is 10.2 Å². The van der Waals surface area contributed by atoms with Crippen LogP contribution in [0.5, 0.6) is 0 Å². The molecule has 1 N–H and O–H groups in total. The van der Waals surface area contributed by atoms with Gasteiger partial charge in [0.15, 0.2) is 11.6 Å². The van der Waals surface area contributed by atoms with Crippen molar-refractivity contribution in [3.8, 4) is 0 Å². The zero-order chi connectivity index (χ0) is 20.5. The number of nitrogens with zero attached hydrogens (tertiary/aromatic N) is 4. The summed E-state index contributed by atoms with van der Waals surface area (Å²) in [7, 11) is 0. The normalized spacial score (nSPS) is 18.5. The minimum Gasteiger partial charge on any atom is -0.364 e. The summed E-state index contributed by atoms with van der Waals surface area (Å²) >= 11 is 12.9. The van der Waals surface area contributed by atoms with Gasteiger partial charge < -0.3 is 10.2 Å². The smallest absolute Gasteiger partial charge is 0.172 e. The van der Waals surface area contributed by atoms with Gasteiger partial charge in [-0.1, -0.05) is 35.9 Å². The van der Waals surface area contributed by atoms with E-state index in [1.54, 1.807) is 0 Å². The van der Waals surface area contributed by atoms with Crippen molar-refractivity contribution in [2.45, 2.75) is 30.8 Å².